The van der Waals surface area contributed by atoms with Crippen LogP contribution in [0, 0.1) is 0 Å². The van der Waals surface area contributed by atoms with Gasteiger partial charge in [0.1, 0.15) is 6.04 Å². The molecule has 3 rings (SSSR count). The number of fused-ring (bicyclic) bond motifs is 1. The molecule has 1 aliphatic carbocycles. The van der Waals surface area contributed by atoms with Gasteiger partial charge in [0, 0.05) is 26.7 Å². The Labute approximate surface area is 152 Å². The van der Waals surface area contributed by atoms with Gasteiger partial charge in [0.15, 0.2) is 11.2 Å². The average Bonchev–Trinajstić information content (AvgIpc) is 3.10. The van der Waals surface area contributed by atoms with Crippen molar-refractivity contribution in [1.82, 2.24) is 23.6 Å². The second kappa shape index (κ2) is 7.09. The van der Waals surface area contributed by atoms with Gasteiger partial charge in [-0.3, -0.25) is 18.7 Å². The molecule has 0 aliphatic heterocycles. The molecule has 2 aromatic rings. The molecule has 0 radical (unpaired) electrons. The Morgan fingerprint density at radius 2 is 1.88 bits per heavy atom. The lowest BCUT2D eigenvalue weighted by Gasteiger charge is -2.35. The summed E-state index contributed by atoms with van der Waals surface area (Å²) in [7, 11) is 3.02. The Kier molecular flexibility index (Phi) is 5.02. The van der Waals surface area contributed by atoms with Crippen molar-refractivity contribution in [1.29, 1.82) is 0 Å². The maximum absolute atomic E-state index is 13.2. The number of hydrogen-bond donors (Lipinski definition) is 0. The number of nitrogens with zero attached hydrogens (tertiary/aromatic N) is 5. The highest BCUT2D eigenvalue weighted by Crippen LogP contribution is 2.25. The summed E-state index contributed by atoms with van der Waals surface area (Å²) in [5, 5.41) is 0. The van der Waals surface area contributed by atoms with Gasteiger partial charge < -0.3 is 9.47 Å². The van der Waals surface area contributed by atoms with Crippen LogP contribution in [0.2, 0.25) is 0 Å². The Hall–Kier alpha value is -2.38. The number of amides is 1. The first kappa shape index (κ1) is 18.4. The second-order valence-corrected chi connectivity index (χ2v) is 7.12. The van der Waals surface area contributed by atoms with Crippen LogP contribution in [0.15, 0.2) is 15.9 Å². The standard InChI is InChI=1S/C18H27N5O3/c1-5-22(13-9-7-6-8-10-13)16(24)12(2)23-11-19-15-14(23)17(25)21(4)18(26)20(15)3/h11-13H,5-10H2,1-4H3/t12-/m1/s1. The van der Waals surface area contributed by atoms with Gasteiger partial charge in [-0.15, -0.1) is 0 Å². The molecule has 1 atom stereocenters. The van der Waals surface area contributed by atoms with Crippen molar-refractivity contribution in [2.45, 2.75) is 58.0 Å². The summed E-state index contributed by atoms with van der Waals surface area (Å²) in [5.41, 5.74) is -0.265. The zero-order chi connectivity index (χ0) is 19.0. The van der Waals surface area contributed by atoms with Crippen LogP contribution in [0.3, 0.4) is 0 Å². The van der Waals surface area contributed by atoms with E-state index in [1.807, 2.05) is 11.8 Å². The predicted molar refractivity (Wildman–Crippen MR) is 99.2 cm³/mol. The minimum absolute atomic E-state index is 0.00499. The number of aromatic nitrogens is 4. The van der Waals surface area contributed by atoms with Crippen LogP contribution in [0.4, 0.5) is 0 Å². The van der Waals surface area contributed by atoms with Gasteiger partial charge in [-0.1, -0.05) is 19.3 Å². The van der Waals surface area contributed by atoms with Crippen LogP contribution in [0.25, 0.3) is 11.2 Å². The Morgan fingerprint density at radius 1 is 1.23 bits per heavy atom. The molecule has 1 amide bonds. The number of likely N-dealkylation sites (N-methyl/N-ethyl adjacent to an activating group) is 1. The van der Waals surface area contributed by atoms with E-state index in [1.165, 1.54) is 24.4 Å². The number of imidazole rings is 1. The molecule has 0 unspecified atom stereocenters. The van der Waals surface area contributed by atoms with Crippen molar-refractivity contribution < 1.29 is 4.79 Å². The topological polar surface area (TPSA) is 82.1 Å². The van der Waals surface area contributed by atoms with Crippen molar-refractivity contribution in [3.63, 3.8) is 0 Å². The molecule has 0 bridgehead atoms. The largest absolute Gasteiger partial charge is 0.338 e. The van der Waals surface area contributed by atoms with E-state index in [-0.39, 0.29) is 17.5 Å². The molecule has 1 fully saturated rings. The second-order valence-electron chi connectivity index (χ2n) is 7.12. The van der Waals surface area contributed by atoms with Gasteiger partial charge in [-0.05, 0) is 26.7 Å². The van der Waals surface area contributed by atoms with E-state index < -0.39 is 17.3 Å². The zero-order valence-corrected chi connectivity index (χ0v) is 15.9. The van der Waals surface area contributed by atoms with E-state index in [1.54, 1.807) is 18.5 Å². The molecule has 8 nitrogen and oxygen atoms in total. The summed E-state index contributed by atoms with van der Waals surface area (Å²) in [6.07, 6.45) is 7.09. The van der Waals surface area contributed by atoms with Gasteiger partial charge in [0.05, 0.1) is 6.33 Å². The fraction of sp³-hybridized carbons (Fsp3) is 0.667. The van der Waals surface area contributed by atoms with Crippen molar-refractivity contribution in [3.8, 4) is 0 Å². The molecule has 0 spiro atoms. The molecule has 26 heavy (non-hydrogen) atoms. The van der Waals surface area contributed by atoms with Crippen LogP contribution < -0.4 is 11.2 Å². The molecule has 2 aromatic heterocycles. The van der Waals surface area contributed by atoms with Crippen LogP contribution in [0.1, 0.15) is 52.0 Å². The van der Waals surface area contributed by atoms with Crippen LogP contribution in [-0.4, -0.2) is 42.1 Å². The Morgan fingerprint density at radius 3 is 2.50 bits per heavy atom. The molecular formula is C18H27N5O3. The first-order chi connectivity index (χ1) is 12.4. The lowest BCUT2D eigenvalue weighted by atomic mass is 9.94. The summed E-state index contributed by atoms with van der Waals surface area (Å²) in [4.78, 5) is 44.0. The summed E-state index contributed by atoms with van der Waals surface area (Å²) in [6.45, 7) is 4.43. The maximum Gasteiger partial charge on any atom is 0.332 e. The lowest BCUT2D eigenvalue weighted by Crippen LogP contribution is -2.44. The van der Waals surface area contributed by atoms with Crippen molar-refractivity contribution in [3.05, 3.63) is 27.2 Å². The SMILES string of the molecule is CCN(C(=O)[C@@H](C)n1cnc2c1c(=O)n(C)c(=O)n2C)C1CCCCC1. The molecule has 2 heterocycles. The Balaban J connectivity index is 2.02. The number of rotatable bonds is 4. The summed E-state index contributed by atoms with van der Waals surface area (Å²) >= 11 is 0. The van der Waals surface area contributed by atoms with E-state index in [9.17, 15) is 14.4 Å². The van der Waals surface area contributed by atoms with Crippen LogP contribution >= 0.6 is 0 Å². The Bertz CT molecular complexity index is 933. The smallest absolute Gasteiger partial charge is 0.332 e. The molecule has 1 saturated carbocycles. The number of carbonyl (C=O) groups excluding carboxylic acids is 1. The minimum atomic E-state index is -0.549. The normalized spacial score (nSPS) is 16.8. The average molecular weight is 361 g/mol. The van der Waals surface area contributed by atoms with Gasteiger partial charge >= 0.3 is 5.69 Å². The molecule has 0 aromatic carbocycles. The molecule has 8 heteroatoms. The van der Waals surface area contributed by atoms with E-state index in [2.05, 4.69) is 4.98 Å². The number of carbonyl (C=O) groups is 1. The van der Waals surface area contributed by atoms with E-state index in [0.717, 1.165) is 30.3 Å². The molecule has 1 aliphatic rings. The van der Waals surface area contributed by atoms with Crippen molar-refractivity contribution in [2.24, 2.45) is 14.1 Å². The van der Waals surface area contributed by atoms with Crippen LogP contribution in [-0.2, 0) is 18.9 Å². The number of aryl methyl sites for hydroxylation is 1. The monoisotopic (exact) mass is 361 g/mol. The quantitative estimate of drug-likeness (QED) is 0.819. The van der Waals surface area contributed by atoms with Crippen molar-refractivity contribution >= 4 is 17.1 Å². The third kappa shape index (κ3) is 2.87. The van der Waals surface area contributed by atoms with Gasteiger partial charge in [0.2, 0.25) is 5.91 Å². The maximum atomic E-state index is 13.2. The molecule has 0 saturated heterocycles. The van der Waals surface area contributed by atoms with Gasteiger partial charge in [-0.25, -0.2) is 9.78 Å². The molecule has 0 N–H and O–H groups in total. The summed E-state index contributed by atoms with van der Waals surface area (Å²) in [6, 6.07) is -0.280. The first-order valence-corrected chi connectivity index (χ1v) is 9.31. The molecule has 142 valence electrons. The predicted octanol–water partition coefficient (Wildman–Crippen LogP) is 1.18. The zero-order valence-electron chi connectivity index (χ0n) is 15.9. The van der Waals surface area contributed by atoms with Gasteiger partial charge in [0.25, 0.3) is 5.56 Å². The summed E-state index contributed by atoms with van der Waals surface area (Å²) in [5.74, 6) is -0.00499. The molecular weight excluding hydrogens is 334 g/mol. The minimum Gasteiger partial charge on any atom is -0.338 e. The summed E-state index contributed by atoms with van der Waals surface area (Å²) < 4.78 is 3.99. The van der Waals surface area contributed by atoms with Crippen molar-refractivity contribution in [2.75, 3.05) is 6.54 Å². The number of hydrogen-bond acceptors (Lipinski definition) is 4. The fourth-order valence-corrected chi connectivity index (χ4v) is 4.00. The first-order valence-electron chi connectivity index (χ1n) is 9.31. The highest BCUT2D eigenvalue weighted by atomic mass is 16.2. The highest BCUT2D eigenvalue weighted by Gasteiger charge is 2.29. The lowest BCUT2D eigenvalue weighted by molar-refractivity contribution is -0.137. The highest BCUT2D eigenvalue weighted by molar-refractivity contribution is 5.83. The fourth-order valence-electron chi connectivity index (χ4n) is 4.00. The third-order valence-electron chi connectivity index (χ3n) is 5.59. The van der Waals surface area contributed by atoms with Gasteiger partial charge in [-0.2, -0.15) is 0 Å². The van der Waals surface area contributed by atoms with E-state index in [4.69, 9.17) is 0 Å². The third-order valence-corrected chi connectivity index (χ3v) is 5.59. The van der Waals surface area contributed by atoms with Crippen LogP contribution in [0.5, 0.6) is 0 Å². The van der Waals surface area contributed by atoms with E-state index >= 15 is 0 Å². The van der Waals surface area contributed by atoms with E-state index in [0.29, 0.717) is 12.2 Å².